The van der Waals surface area contributed by atoms with Crippen LogP contribution in [-0.2, 0) is 15.0 Å². The van der Waals surface area contributed by atoms with E-state index in [-0.39, 0.29) is 24.8 Å². The molecule has 138 valence electrons. The third kappa shape index (κ3) is 4.42. The van der Waals surface area contributed by atoms with Crippen molar-refractivity contribution in [3.8, 4) is 5.75 Å². The summed E-state index contributed by atoms with van der Waals surface area (Å²) in [5.74, 6) is -0.458. The van der Waals surface area contributed by atoms with E-state index >= 15 is 0 Å². The largest absolute Gasteiger partial charge is 0.496 e. The number of rotatable bonds is 8. The van der Waals surface area contributed by atoms with Crippen LogP contribution in [0.2, 0.25) is 0 Å². The van der Waals surface area contributed by atoms with Crippen LogP contribution in [0.15, 0.2) is 54.6 Å². The lowest BCUT2D eigenvalue weighted by molar-refractivity contribution is -0.143. The van der Waals surface area contributed by atoms with E-state index in [0.29, 0.717) is 5.56 Å². The van der Waals surface area contributed by atoms with E-state index in [4.69, 9.17) is 4.74 Å². The smallest absolute Gasteiger partial charge is 0.315 e. The minimum Gasteiger partial charge on any atom is -0.496 e. The molecule has 2 aromatic carbocycles. The standard InChI is InChI=1S/C21H25NO4/c1-15(17-11-7-8-12-18(17)26-3)13-19(23)22-14-21(2,20(24)25)16-9-5-4-6-10-16/h4-12,15H,13-14H2,1-3H3,(H,22,23)(H,24,25). The monoisotopic (exact) mass is 355 g/mol. The SMILES string of the molecule is COc1ccccc1C(C)CC(=O)NCC(C)(C(=O)O)c1ccccc1. The van der Waals surface area contributed by atoms with Gasteiger partial charge in [-0.05, 0) is 30.0 Å². The predicted molar refractivity (Wildman–Crippen MR) is 100 cm³/mol. The summed E-state index contributed by atoms with van der Waals surface area (Å²) in [6, 6.07) is 16.5. The average Bonchev–Trinajstić information content (AvgIpc) is 2.66. The first-order valence-corrected chi connectivity index (χ1v) is 8.57. The highest BCUT2D eigenvalue weighted by Crippen LogP contribution is 2.28. The van der Waals surface area contributed by atoms with Crippen molar-refractivity contribution in [3.63, 3.8) is 0 Å². The van der Waals surface area contributed by atoms with Crippen molar-refractivity contribution >= 4 is 11.9 Å². The van der Waals surface area contributed by atoms with E-state index in [9.17, 15) is 14.7 Å². The predicted octanol–water partition coefficient (Wildman–Crippen LogP) is 3.35. The van der Waals surface area contributed by atoms with Crippen LogP contribution < -0.4 is 10.1 Å². The first-order valence-electron chi connectivity index (χ1n) is 8.57. The first-order chi connectivity index (χ1) is 12.4. The molecular formula is C21H25NO4. The zero-order valence-corrected chi connectivity index (χ0v) is 15.4. The highest BCUT2D eigenvalue weighted by Gasteiger charge is 2.35. The Kier molecular flexibility index (Phi) is 6.39. The Hall–Kier alpha value is -2.82. The zero-order chi connectivity index (χ0) is 19.2. The molecule has 0 fully saturated rings. The first kappa shape index (κ1) is 19.5. The third-order valence-corrected chi connectivity index (χ3v) is 4.68. The molecule has 0 aliphatic carbocycles. The van der Waals surface area contributed by atoms with Gasteiger partial charge in [0.05, 0.1) is 7.11 Å². The Morgan fingerprint density at radius 2 is 1.73 bits per heavy atom. The molecule has 0 heterocycles. The van der Waals surface area contributed by atoms with Gasteiger partial charge in [0.1, 0.15) is 11.2 Å². The number of hydrogen-bond donors (Lipinski definition) is 2. The van der Waals surface area contributed by atoms with Crippen LogP contribution in [0.1, 0.15) is 37.3 Å². The van der Waals surface area contributed by atoms with E-state index in [1.54, 1.807) is 38.3 Å². The van der Waals surface area contributed by atoms with Crippen molar-refractivity contribution in [2.24, 2.45) is 0 Å². The molecule has 5 nitrogen and oxygen atoms in total. The number of benzene rings is 2. The third-order valence-electron chi connectivity index (χ3n) is 4.68. The molecule has 5 heteroatoms. The highest BCUT2D eigenvalue weighted by molar-refractivity contribution is 5.83. The minimum atomic E-state index is -1.18. The second kappa shape index (κ2) is 8.52. The van der Waals surface area contributed by atoms with E-state index in [1.807, 2.05) is 37.3 Å². The van der Waals surface area contributed by atoms with Crippen LogP contribution in [0.5, 0.6) is 5.75 Å². The molecular weight excluding hydrogens is 330 g/mol. The lowest BCUT2D eigenvalue weighted by Crippen LogP contribution is -2.44. The zero-order valence-electron chi connectivity index (χ0n) is 15.4. The lowest BCUT2D eigenvalue weighted by atomic mass is 9.82. The van der Waals surface area contributed by atoms with Crippen molar-refractivity contribution in [1.82, 2.24) is 5.32 Å². The molecule has 0 spiro atoms. The summed E-state index contributed by atoms with van der Waals surface area (Å²) >= 11 is 0. The van der Waals surface area contributed by atoms with Gasteiger partial charge >= 0.3 is 5.97 Å². The van der Waals surface area contributed by atoms with Gasteiger partial charge < -0.3 is 15.2 Å². The van der Waals surface area contributed by atoms with Crippen LogP contribution in [0.3, 0.4) is 0 Å². The Bertz CT molecular complexity index is 760. The molecule has 26 heavy (non-hydrogen) atoms. The summed E-state index contributed by atoms with van der Waals surface area (Å²) in [7, 11) is 1.60. The number of amides is 1. The van der Waals surface area contributed by atoms with Crippen molar-refractivity contribution in [1.29, 1.82) is 0 Å². The fourth-order valence-electron chi connectivity index (χ4n) is 2.92. The molecule has 1 amide bonds. The molecule has 2 atom stereocenters. The normalized spacial score (nSPS) is 14.1. The van der Waals surface area contributed by atoms with Crippen molar-refractivity contribution in [3.05, 3.63) is 65.7 Å². The number of para-hydroxylation sites is 1. The van der Waals surface area contributed by atoms with Gasteiger partial charge in [-0.3, -0.25) is 9.59 Å². The maximum atomic E-state index is 12.4. The van der Waals surface area contributed by atoms with Crippen molar-refractivity contribution < 1.29 is 19.4 Å². The maximum Gasteiger partial charge on any atom is 0.315 e. The number of aliphatic carboxylic acids is 1. The van der Waals surface area contributed by atoms with Gasteiger partial charge in [-0.25, -0.2) is 0 Å². The van der Waals surface area contributed by atoms with Gasteiger partial charge in [0.25, 0.3) is 0 Å². The van der Waals surface area contributed by atoms with Crippen molar-refractivity contribution in [2.75, 3.05) is 13.7 Å². The molecule has 0 bridgehead atoms. The fraction of sp³-hybridized carbons (Fsp3) is 0.333. The van der Waals surface area contributed by atoms with Crippen LogP contribution in [0, 0.1) is 0 Å². The van der Waals surface area contributed by atoms with E-state index < -0.39 is 11.4 Å². The van der Waals surface area contributed by atoms with E-state index in [1.165, 1.54) is 0 Å². The molecule has 2 unspecified atom stereocenters. The number of carbonyl (C=O) groups is 2. The number of nitrogens with one attached hydrogen (secondary N) is 1. The summed E-state index contributed by atoms with van der Waals surface area (Å²) in [6.45, 7) is 3.60. The average molecular weight is 355 g/mol. The summed E-state index contributed by atoms with van der Waals surface area (Å²) in [5, 5.41) is 12.4. The highest BCUT2D eigenvalue weighted by atomic mass is 16.5. The Morgan fingerprint density at radius 1 is 1.12 bits per heavy atom. The number of carboxylic acid groups (broad SMARTS) is 1. The molecule has 2 rings (SSSR count). The molecule has 2 aromatic rings. The summed E-state index contributed by atoms with van der Waals surface area (Å²) in [6.07, 6.45) is 0.255. The number of ether oxygens (including phenoxy) is 1. The van der Waals surface area contributed by atoms with Gasteiger partial charge in [-0.2, -0.15) is 0 Å². The van der Waals surface area contributed by atoms with Crippen LogP contribution in [0.25, 0.3) is 0 Å². The molecule has 0 aromatic heterocycles. The summed E-state index contributed by atoms with van der Waals surface area (Å²) in [5.41, 5.74) is 0.435. The van der Waals surface area contributed by atoms with Crippen LogP contribution in [-0.4, -0.2) is 30.6 Å². The molecule has 0 saturated heterocycles. The van der Waals surface area contributed by atoms with Gasteiger partial charge in [-0.1, -0.05) is 55.5 Å². The van der Waals surface area contributed by atoms with E-state index in [0.717, 1.165) is 11.3 Å². The number of methoxy groups -OCH3 is 1. The van der Waals surface area contributed by atoms with Gasteiger partial charge in [0.2, 0.25) is 5.91 Å². The van der Waals surface area contributed by atoms with Crippen molar-refractivity contribution in [2.45, 2.75) is 31.6 Å². The lowest BCUT2D eigenvalue weighted by Gasteiger charge is -2.26. The Balaban J connectivity index is 2.04. The maximum absolute atomic E-state index is 12.4. The molecule has 0 saturated carbocycles. The Labute approximate surface area is 154 Å². The molecule has 0 radical (unpaired) electrons. The summed E-state index contributed by atoms with van der Waals surface area (Å²) in [4.78, 5) is 24.2. The topological polar surface area (TPSA) is 75.6 Å². The van der Waals surface area contributed by atoms with Gasteiger partial charge in [0, 0.05) is 13.0 Å². The number of carbonyl (C=O) groups excluding carboxylic acids is 1. The molecule has 0 aliphatic heterocycles. The quantitative estimate of drug-likeness (QED) is 0.761. The second-order valence-corrected chi connectivity index (χ2v) is 6.63. The van der Waals surface area contributed by atoms with Gasteiger partial charge in [0.15, 0.2) is 0 Å². The fourth-order valence-corrected chi connectivity index (χ4v) is 2.92. The van der Waals surface area contributed by atoms with E-state index in [2.05, 4.69) is 5.32 Å². The summed E-state index contributed by atoms with van der Waals surface area (Å²) < 4.78 is 5.34. The molecule has 2 N–H and O–H groups in total. The van der Waals surface area contributed by atoms with Gasteiger partial charge in [-0.15, -0.1) is 0 Å². The molecule has 0 aliphatic rings. The Morgan fingerprint density at radius 3 is 2.35 bits per heavy atom. The number of carboxylic acids is 1. The second-order valence-electron chi connectivity index (χ2n) is 6.63. The van der Waals surface area contributed by atoms with Crippen LogP contribution >= 0.6 is 0 Å². The van der Waals surface area contributed by atoms with Crippen LogP contribution in [0.4, 0.5) is 0 Å². The number of hydrogen-bond acceptors (Lipinski definition) is 3. The minimum absolute atomic E-state index is 0.0316.